The van der Waals surface area contributed by atoms with E-state index < -0.39 is 0 Å². The summed E-state index contributed by atoms with van der Waals surface area (Å²) in [5.41, 5.74) is 9.26. The molecule has 0 saturated carbocycles. The van der Waals surface area contributed by atoms with Gasteiger partial charge in [-0.25, -0.2) is 0 Å². The number of fused-ring (bicyclic) bond motifs is 1. The average Bonchev–Trinajstić information content (AvgIpc) is 2.77. The highest BCUT2D eigenvalue weighted by molar-refractivity contribution is 6.31. The van der Waals surface area contributed by atoms with E-state index in [9.17, 15) is 0 Å². The van der Waals surface area contributed by atoms with Crippen molar-refractivity contribution in [3.63, 3.8) is 0 Å². The fraction of sp³-hybridized carbons (Fsp3) is 0.176. The van der Waals surface area contributed by atoms with E-state index in [0.29, 0.717) is 6.54 Å². The van der Waals surface area contributed by atoms with Crippen LogP contribution in [0.5, 0.6) is 0 Å². The molecule has 2 aromatic carbocycles. The lowest BCUT2D eigenvalue weighted by Crippen LogP contribution is -2.02. The topological polar surface area (TPSA) is 30.9 Å². The first-order valence-electron chi connectivity index (χ1n) is 6.89. The number of benzene rings is 2. The number of nitrogens with zero attached hydrogens (tertiary/aromatic N) is 1. The van der Waals surface area contributed by atoms with Crippen molar-refractivity contribution in [2.24, 2.45) is 5.73 Å². The summed E-state index contributed by atoms with van der Waals surface area (Å²) in [5.74, 6) is 0. The van der Waals surface area contributed by atoms with Gasteiger partial charge in [-0.15, -0.1) is 0 Å². The van der Waals surface area contributed by atoms with Gasteiger partial charge in [0.05, 0.1) is 5.52 Å². The number of halogens is 2. The monoisotopic (exact) mass is 318 g/mol. The number of hydrogen-bond acceptors (Lipinski definition) is 1. The standard InChI is InChI=1S/C17H16Cl2N2/c18-14-3-1-2-12(8-14)10-21-11-13(6-7-20)16-5-4-15(19)9-17(16)21/h1-5,8-9,11H,6-7,10,20H2. The van der Waals surface area contributed by atoms with E-state index in [1.54, 1.807) is 0 Å². The molecular formula is C17H16Cl2N2. The van der Waals surface area contributed by atoms with E-state index >= 15 is 0 Å². The maximum atomic E-state index is 6.15. The van der Waals surface area contributed by atoms with Crippen molar-refractivity contribution in [3.05, 3.63) is 69.8 Å². The van der Waals surface area contributed by atoms with Crippen LogP contribution >= 0.6 is 23.2 Å². The van der Waals surface area contributed by atoms with Gasteiger partial charge in [-0.05, 0) is 48.4 Å². The second-order valence-corrected chi connectivity index (χ2v) is 5.99. The van der Waals surface area contributed by atoms with Crippen LogP contribution in [0.2, 0.25) is 10.0 Å². The molecule has 1 heterocycles. The van der Waals surface area contributed by atoms with Crippen molar-refractivity contribution in [2.75, 3.05) is 6.54 Å². The second kappa shape index (κ2) is 6.10. The minimum atomic E-state index is 0.638. The summed E-state index contributed by atoms with van der Waals surface area (Å²) in [4.78, 5) is 0. The summed E-state index contributed by atoms with van der Waals surface area (Å²) < 4.78 is 2.21. The van der Waals surface area contributed by atoms with Crippen molar-refractivity contribution in [2.45, 2.75) is 13.0 Å². The summed E-state index contributed by atoms with van der Waals surface area (Å²) in [6.45, 7) is 1.40. The van der Waals surface area contributed by atoms with Gasteiger partial charge in [-0.1, -0.05) is 41.4 Å². The van der Waals surface area contributed by atoms with Crippen LogP contribution in [-0.2, 0) is 13.0 Å². The van der Waals surface area contributed by atoms with Gasteiger partial charge in [0.25, 0.3) is 0 Å². The van der Waals surface area contributed by atoms with Crippen molar-refractivity contribution in [1.29, 1.82) is 0 Å². The minimum absolute atomic E-state index is 0.638. The van der Waals surface area contributed by atoms with E-state index in [4.69, 9.17) is 28.9 Å². The van der Waals surface area contributed by atoms with E-state index in [2.05, 4.69) is 22.9 Å². The van der Waals surface area contributed by atoms with Crippen LogP contribution in [0.15, 0.2) is 48.7 Å². The Balaban J connectivity index is 2.06. The maximum absolute atomic E-state index is 6.15. The molecule has 0 saturated heterocycles. The van der Waals surface area contributed by atoms with Crippen molar-refractivity contribution >= 4 is 34.1 Å². The SMILES string of the molecule is NCCc1cn(Cc2cccc(Cl)c2)c2cc(Cl)ccc12. The lowest BCUT2D eigenvalue weighted by molar-refractivity contribution is 0.827. The fourth-order valence-corrected chi connectivity index (χ4v) is 3.04. The van der Waals surface area contributed by atoms with Crippen LogP contribution in [0.3, 0.4) is 0 Å². The molecule has 0 amide bonds. The number of rotatable bonds is 4. The summed E-state index contributed by atoms with van der Waals surface area (Å²) in [6, 6.07) is 13.9. The predicted octanol–water partition coefficient (Wildman–Crippen LogP) is 4.50. The van der Waals surface area contributed by atoms with Crippen molar-refractivity contribution < 1.29 is 0 Å². The molecule has 0 aliphatic carbocycles. The summed E-state index contributed by atoms with van der Waals surface area (Å²) in [6.07, 6.45) is 3.02. The van der Waals surface area contributed by atoms with Gasteiger partial charge in [0.15, 0.2) is 0 Å². The van der Waals surface area contributed by atoms with E-state index in [-0.39, 0.29) is 0 Å². The largest absolute Gasteiger partial charge is 0.343 e. The summed E-state index contributed by atoms with van der Waals surface area (Å²) in [5, 5.41) is 2.71. The molecule has 21 heavy (non-hydrogen) atoms. The molecule has 4 heteroatoms. The van der Waals surface area contributed by atoms with E-state index in [1.807, 2.05) is 30.3 Å². The highest BCUT2D eigenvalue weighted by atomic mass is 35.5. The normalized spacial score (nSPS) is 11.2. The molecule has 2 nitrogen and oxygen atoms in total. The minimum Gasteiger partial charge on any atom is -0.343 e. The molecule has 2 N–H and O–H groups in total. The third kappa shape index (κ3) is 3.08. The summed E-state index contributed by atoms with van der Waals surface area (Å²) >= 11 is 12.2. The molecule has 0 fully saturated rings. The van der Waals surface area contributed by atoms with Gasteiger partial charge in [0, 0.05) is 28.2 Å². The molecule has 0 aliphatic rings. The molecular weight excluding hydrogens is 303 g/mol. The van der Waals surface area contributed by atoms with Crippen LogP contribution in [0.25, 0.3) is 10.9 Å². The van der Waals surface area contributed by atoms with Gasteiger partial charge >= 0.3 is 0 Å². The Labute approximate surface area is 134 Å². The first-order chi connectivity index (χ1) is 10.2. The lowest BCUT2D eigenvalue weighted by Gasteiger charge is -2.06. The first kappa shape index (κ1) is 14.5. The van der Waals surface area contributed by atoms with Crippen molar-refractivity contribution in [1.82, 2.24) is 4.57 Å². The predicted molar refractivity (Wildman–Crippen MR) is 90.3 cm³/mol. The second-order valence-electron chi connectivity index (χ2n) is 5.11. The molecule has 3 rings (SSSR count). The molecule has 0 atom stereocenters. The van der Waals surface area contributed by atoms with Crippen LogP contribution in [-0.4, -0.2) is 11.1 Å². The number of hydrogen-bond donors (Lipinski definition) is 1. The zero-order valence-corrected chi connectivity index (χ0v) is 13.0. The van der Waals surface area contributed by atoms with Crippen LogP contribution in [0.1, 0.15) is 11.1 Å². The van der Waals surface area contributed by atoms with Gasteiger partial charge in [-0.2, -0.15) is 0 Å². The highest BCUT2D eigenvalue weighted by Gasteiger charge is 2.09. The number of aromatic nitrogens is 1. The lowest BCUT2D eigenvalue weighted by atomic mass is 10.1. The number of nitrogens with two attached hydrogens (primary N) is 1. The molecule has 108 valence electrons. The first-order valence-corrected chi connectivity index (χ1v) is 7.65. The molecule has 0 aliphatic heterocycles. The molecule has 0 unspecified atom stereocenters. The highest BCUT2D eigenvalue weighted by Crippen LogP contribution is 2.26. The molecule has 0 bridgehead atoms. The Morgan fingerprint density at radius 3 is 2.57 bits per heavy atom. The summed E-state index contributed by atoms with van der Waals surface area (Å²) in [7, 11) is 0. The van der Waals surface area contributed by atoms with Crippen LogP contribution in [0, 0.1) is 0 Å². The Kier molecular flexibility index (Phi) is 4.20. The third-order valence-electron chi connectivity index (χ3n) is 3.58. The Morgan fingerprint density at radius 1 is 1.00 bits per heavy atom. The van der Waals surface area contributed by atoms with Crippen LogP contribution in [0.4, 0.5) is 0 Å². The van der Waals surface area contributed by atoms with Gasteiger partial charge in [-0.3, -0.25) is 0 Å². The van der Waals surface area contributed by atoms with Crippen LogP contribution < -0.4 is 5.73 Å². The fourth-order valence-electron chi connectivity index (χ4n) is 2.66. The zero-order valence-electron chi connectivity index (χ0n) is 11.5. The van der Waals surface area contributed by atoms with Gasteiger partial charge in [0.2, 0.25) is 0 Å². The van der Waals surface area contributed by atoms with E-state index in [1.165, 1.54) is 16.5 Å². The average molecular weight is 319 g/mol. The Hall–Kier alpha value is -1.48. The molecule has 0 radical (unpaired) electrons. The Morgan fingerprint density at radius 2 is 1.81 bits per heavy atom. The molecule has 1 aromatic heterocycles. The van der Waals surface area contributed by atoms with E-state index in [0.717, 1.165) is 28.5 Å². The maximum Gasteiger partial charge on any atom is 0.0501 e. The zero-order chi connectivity index (χ0) is 14.8. The third-order valence-corrected chi connectivity index (χ3v) is 4.05. The van der Waals surface area contributed by atoms with Gasteiger partial charge in [0.1, 0.15) is 0 Å². The smallest absolute Gasteiger partial charge is 0.0501 e. The molecule has 0 spiro atoms. The molecule has 3 aromatic rings. The van der Waals surface area contributed by atoms with Gasteiger partial charge < -0.3 is 10.3 Å². The van der Waals surface area contributed by atoms with Crippen molar-refractivity contribution in [3.8, 4) is 0 Å². The quantitative estimate of drug-likeness (QED) is 0.754. The Bertz CT molecular complexity index is 778.